The van der Waals surface area contributed by atoms with Crippen LogP contribution in [0.2, 0.25) is 0 Å². The van der Waals surface area contributed by atoms with Gasteiger partial charge in [-0.1, -0.05) is 11.8 Å². The molecule has 0 aromatic rings. The van der Waals surface area contributed by atoms with Crippen molar-refractivity contribution in [2.45, 2.75) is 6.92 Å². The second kappa shape index (κ2) is 3.05. The van der Waals surface area contributed by atoms with Crippen molar-refractivity contribution in [2.75, 3.05) is 19.3 Å². The molecule has 1 amide bonds. The number of nitrogens with zero attached hydrogens (tertiary/aromatic N) is 2. The molecule has 1 saturated heterocycles. The summed E-state index contributed by atoms with van der Waals surface area (Å²) in [6.07, 6.45) is 0. The van der Waals surface area contributed by atoms with E-state index in [2.05, 4.69) is 4.99 Å². The largest absolute Gasteiger partial charge is 0.291 e. The SMILES string of the molecule is C/N=C1/SCCN1C(C)=O. The first-order valence-corrected chi connectivity index (χ1v) is 4.12. The molecule has 0 N–H and O–H groups in total. The van der Waals surface area contributed by atoms with Gasteiger partial charge in [-0.15, -0.1) is 0 Å². The Bertz CT molecular complexity index is 179. The van der Waals surface area contributed by atoms with Gasteiger partial charge in [0.25, 0.3) is 0 Å². The molecule has 0 saturated carbocycles. The van der Waals surface area contributed by atoms with Crippen LogP contribution in [-0.2, 0) is 4.79 Å². The van der Waals surface area contributed by atoms with Gasteiger partial charge in [0.15, 0.2) is 5.17 Å². The standard InChI is InChI=1S/C6H10N2OS/c1-5(9)8-3-4-10-6(8)7-2/h3-4H2,1-2H3/b7-6+. The van der Waals surface area contributed by atoms with Crippen LogP contribution < -0.4 is 0 Å². The molecule has 0 radical (unpaired) electrons. The first-order chi connectivity index (χ1) is 4.75. The van der Waals surface area contributed by atoms with Gasteiger partial charge < -0.3 is 0 Å². The normalized spacial score (nSPS) is 22.2. The smallest absolute Gasteiger partial charge is 0.225 e. The topological polar surface area (TPSA) is 32.7 Å². The number of hydrogen-bond acceptors (Lipinski definition) is 3. The fraction of sp³-hybridized carbons (Fsp3) is 0.667. The molecule has 3 nitrogen and oxygen atoms in total. The minimum absolute atomic E-state index is 0.0885. The van der Waals surface area contributed by atoms with Crippen molar-refractivity contribution in [3.63, 3.8) is 0 Å². The van der Waals surface area contributed by atoms with Gasteiger partial charge >= 0.3 is 0 Å². The highest BCUT2D eigenvalue weighted by Gasteiger charge is 2.21. The van der Waals surface area contributed by atoms with Gasteiger partial charge in [-0.05, 0) is 0 Å². The summed E-state index contributed by atoms with van der Waals surface area (Å²) in [4.78, 5) is 16.5. The quantitative estimate of drug-likeness (QED) is 0.516. The summed E-state index contributed by atoms with van der Waals surface area (Å²) in [5.41, 5.74) is 0. The molecule has 4 heteroatoms. The number of rotatable bonds is 0. The summed E-state index contributed by atoms with van der Waals surface area (Å²) in [5.74, 6) is 1.07. The maximum absolute atomic E-state index is 10.8. The number of carbonyl (C=O) groups excluding carboxylic acids is 1. The van der Waals surface area contributed by atoms with Crippen LogP contribution in [0.1, 0.15) is 6.92 Å². The summed E-state index contributed by atoms with van der Waals surface area (Å²) in [6.45, 7) is 2.38. The number of amides is 1. The van der Waals surface area contributed by atoms with E-state index in [1.807, 2.05) is 0 Å². The number of amidine groups is 1. The lowest BCUT2D eigenvalue weighted by Crippen LogP contribution is -2.29. The summed E-state index contributed by atoms with van der Waals surface area (Å²) in [5, 5.41) is 0.854. The van der Waals surface area contributed by atoms with Crippen LogP contribution in [0.5, 0.6) is 0 Å². The van der Waals surface area contributed by atoms with Gasteiger partial charge in [-0.3, -0.25) is 14.7 Å². The molecule has 1 heterocycles. The molecule has 0 spiro atoms. The first kappa shape index (κ1) is 7.60. The number of carbonyl (C=O) groups is 1. The Kier molecular flexibility index (Phi) is 2.32. The molecular weight excluding hydrogens is 148 g/mol. The van der Waals surface area contributed by atoms with Crippen molar-refractivity contribution < 1.29 is 4.79 Å². The third-order valence-electron chi connectivity index (χ3n) is 1.35. The van der Waals surface area contributed by atoms with Crippen LogP contribution in [0, 0.1) is 0 Å². The lowest BCUT2D eigenvalue weighted by molar-refractivity contribution is -0.124. The number of thioether (sulfide) groups is 1. The van der Waals surface area contributed by atoms with Crippen molar-refractivity contribution in [2.24, 2.45) is 4.99 Å². The van der Waals surface area contributed by atoms with E-state index in [4.69, 9.17) is 0 Å². The van der Waals surface area contributed by atoms with Gasteiger partial charge in [0, 0.05) is 26.3 Å². The Morgan fingerprint density at radius 3 is 2.90 bits per heavy atom. The average Bonchev–Trinajstić information content (AvgIpc) is 2.33. The Balaban J connectivity index is 2.68. The highest BCUT2D eigenvalue weighted by molar-refractivity contribution is 8.14. The second-order valence-electron chi connectivity index (χ2n) is 2.03. The molecule has 1 fully saturated rings. The highest BCUT2D eigenvalue weighted by Crippen LogP contribution is 2.16. The molecule has 56 valence electrons. The van der Waals surface area contributed by atoms with Crippen molar-refractivity contribution in [3.05, 3.63) is 0 Å². The zero-order chi connectivity index (χ0) is 7.56. The minimum atomic E-state index is 0.0885. The van der Waals surface area contributed by atoms with E-state index in [9.17, 15) is 4.79 Å². The van der Waals surface area contributed by atoms with Crippen LogP contribution >= 0.6 is 11.8 Å². The highest BCUT2D eigenvalue weighted by atomic mass is 32.2. The molecule has 0 aromatic carbocycles. The predicted octanol–water partition coefficient (Wildman–Crippen LogP) is 0.568. The molecule has 10 heavy (non-hydrogen) atoms. The maximum Gasteiger partial charge on any atom is 0.225 e. The van der Waals surface area contributed by atoms with Crippen LogP contribution in [-0.4, -0.2) is 35.3 Å². The van der Waals surface area contributed by atoms with E-state index in [0.717, 1.165) is 17.5 Å². The Labute approximate surface area is 64.5 Å². The Morgan fingerprint density at radius 1 is 1.80 bits per heavy atom. The molecule has 0 aromatic heterocycles. The zero-order valence-corrected chi connectivity index (χ0v) is 6.94. The molecule has 0 aliphatic carbocycles. The zero-order valence-electron chi connectivity index (χ0n) is 6.13. The van der Waals surface area contributed by atoms with Gasteiger partial charge in [-0.2, -0.15) is 0 Å². The molecule has 0 bridgehead atoms. The summed E-state index contributed by atoms with van der Waals surface area (Å²) >= 11 is 1.63. The molecule has 1 rings (SSSR count). The Morgan fingerprint density at radius 2 is 2.50 bits per heavy atom. The average molecular weight is 158 g/mol. The summed E-state index contributed by atoms with van der Waals surface area (Å²) in [6, 6.07) is 0. The fourth-order valence-corrected chi connectivity index (χ4v) is 1.84. The van der Waals surface area contributed by atoms with Crippen LogP contribution in [0.25, 0.3) is 0 Å². The van der Waals surface area contributed by atoms with Crippen molar-refractivity contribution in [1.82, 2.24) is 4.90 Å². The van der Waals surface area contributed by atoms with Crippen LogP contribution in [0.15, 0.2) is 4.99 Å². The van der Waals surface area contributed by atoms with Gasteiger partial charge in [0.2, 0.25) is 5.91 Å². The van der Waals surface area contributed by atoms with Gasteiger partial charge in [0.1, 0.15) is 0 Å². The predicted molar refractivity (Wildman–Crippen MR) is 43.2 cm³/mol. The molecular formula is C6H10N2OS. The van der Waals surface area contributed by atoms with E-state index in [1.54, 1.807) is 30.6 Å². The third-order valence-corrected chi connectivity index (χ3v) is 2.40. The fourth-order valence-electron chi connectivity index (χ4n) is 0.879. The first-order valence-electron chi connectivity index (χ1n) is 3.13. The third kappa shape index (κ3) is 1.31. The minimum Gasteiger partial charge on any atom is -0.291 e. The van der Waals surface area contributed by atoms with E-state index >= 15 is 0 Å². The van der Waals surface area contributed by atoms with Gasteiger partial charge in [-0.25, -0.2) is 0 Å². The van der Waals surface area contributed by atoms with Crippen molar-refractivity contribution in [3.8, 4) is 0 Å². The van der Waals surface area contributed by atoms with E-state index in [-0.39, 0.29) is 5.91 Å². The van der Waals surface area contributed by atoms with Crippen molar-refractivity contribution in [1.29, 1.82) is 0 Å². The lowest BCUT2D eigenvalue weighted by atomic mass is 10.5. The molecule has 0 atom stereocenters. The number of hydrogen-bond donors (Lipinski definition) is 0. The Hall–Kier alpha value is -0.510. The van der Waals surface area contributed by atoms with Crippen molar-refractivity contribution >= 4 is 22.8 Å². The second-order valence-corrected chi connectivity index (χ2v) is 3.09. The summed E-state index contributed by atoms with van der Waals surface area (Å²) < 4.78 is 0. The molecule has 0 unspecified atom stereocenters. The monoisotopic (exact) mass is 158 g/mol. The van der Waals surface area contributed by atoms with E-state index in [1.165, 1.54) is 0 Å². The lowest BCUT2D eigenvalue weighted by Gasteiger charge is -2.11. The van der Waals surface area contributed by atoms with Gasteiger partial charge in [0.05, 0.1) is 0 Å². The number of aliphatic imine (C=N–C) groups is 1. The molecule has 1 aliphatic heterocycles. The summed E-state index contributed by atoms with van der Waals surface area (Å²) in [7, 11) is 1.71. The van der Waals surface area contributed by atoms with Crippen LogP contribution in [0.3, 0.4) is 0 Å². The molecule has 1 aliphatic rings. The van der Waals surface area contributed by atoms with E-state index in [0.29, 0.717) is 0 Å². The van der Waals surface area contributed by atoms with Crippen LogP contribution in [0.4, 0.5) is 0 Å². The van der Waals surface area contributed by atoms with E-state index < -0.39 is 0 Å². The maximum atomic E-state index is 10.8.